The predicted octanol–water partition coefficient (Wildman–Crippen LogP) is 1.93. The summed E-state index contributed by atoms with van der Waals surface area (Å²) in [4.78, 5) is 15.7. The lowest BCUT2D eigenvalue weighted by Crippen LogP contribution is -2.13. The Labute approximate surface area is 108 Å². The highest BCUT2D eigenvalue weighted by molar-refractivity contribution is 6.03. The third kappa shape index (κ3) is 2.84. The van der Waals surface area contributed by atoms with Gasteiger partial charge >= 0.3 is 0 Å². The normalized spacial score (nSPS) is 9.68. The van der Waals surface area contributed by atoms with Crippen LogP contribution in [0.25, 0.3) is 0 Å². The third-order valence-electron chi connectivity index (χ3n) is 2.38. The molecule has 0 saturated carbocycles. The molecule has 0 radical (unpaired) electrons. The molecule has 94 valence electrons. The fourth-order valence-corrected chi connectivity index (χ4v) is 1.41. The van der Waals surface area contributed by atoms with Gasteiger partial charge in [0.1, 0.15) is 17.6 Å². The standard InChI is InChI=1S/C13H9FN4O/c14-10-3-2-9(5-11(10)16)18-13(19)12-4-1-8(6-15)7-17-12/h1-5,7H,16H2,(H,18,19). The van der Waals surface area contributed by atoms with Crippen LogP contribution in [0.4, 0.5) is 15.8 Å². The van der Waals surface area contributed by atoms with Crippen LogP contribution in [0.2, 0.25) is 0 Å². The average Bonchev–Trinajstić information content (AvgIpc) is 2.43. The van der Waals surface area contributed by atoms with E-state index in [1.54, 1.807) is 0 Å². The van der Waals surface area contributed by atoms with Crippen molar-refractivity contribution in [1.29, 1.82) is 5.26 Å². The van der Waals surface area contributed by atoms with Crippen molar-refractivity contribution in [2.45, 2.75) is 0 Å². The first-order chi connectivity index (χ1) is 9.10. The number of anilines is 2. The van der Waals surface area contributed by atoms with Crippen LogP contribution in [-0.4, -0.2) is 10.9 Å². The Morgan fingerprint density at radius 3 is 2.74 bits per heavy atom. The van der Waals surface area contributed by atoms with E-state index in [-0.39, 0.29) is 11.4 Å². The van der Waals surface area contributed by atoms with Gasteiger partial charge in [-0.3, -0.25) is 4.79 Å². The van der Waals surface area contributed by atoms with Crippen LogP contribution in [0.1, 0.15) is 16.1 Å². The van der Waals surface area contributed by atoms with Gasteiger partial charge in [-0.25, -0.2) is 9.37 Å². The van der Waals surface area contributed by atoms with Crippen LogP contribution < -0.4 is 11.1 Å². The summed E-state index contributed by atoms with van der Waals surface area (Å²) in [5, 5.41) is 11.2. The number of carbonyl (C=O) groups is 1. The van der Waals surface area contributed by atoms with Gasteiger partial charge in [-0.1, -0.05) is 0 Å². The van der Waals surface area contributed by atoms with E-state index in [1.807, 2.05) is 6.07 Å². The summed E-state index contributed by atoms with van der Waals surface area (Å²) < 4.78 is 13.0. The quantitative estimate of drug-likeness (QED) is 0.803. The van der Waals surface area contributed by atoms with Crippen molar-refractivity contribution in [2.24, 2.45) is 0 Å². The maximum absolute atomic E-state index is 13.0. The largest absolute Gasteiger partial charge is 0.396 e. The second kappa shape index (κ2) is 5.14. The minimum atomic E-state index is -0.547. The smallest absolute Gasteiger partial charge is 0.274 e. The van der Waals surface area contributed by atoms with Gasteiger partial charge in [0.05, 0.1) is 11.3 Å². The van der Waals surface area contributed by atoms with Gasteiger partial charge in [0.2, 0.25) is 0 Å². The molecule has 2 rings (SSSR count). The summed E-state index contributed by atoms with van der Waals surface area (Å²) in [6.07, 6.45) is 1.30. The molecule has 1 aromatic carbocycles. The van der Waals surface area contributed by atoms with E-state index < -0.39 is 11.7 Å². The highest BCUT2D eigenvalue weighted by Gasteiger charge is 2.08. The van der Waals surface area contributed by atoms with Crippen molar-refractivity contribution in [1.82, 2.24) is 4.98 Å². The summed E-state index contributed by atoms with van der Waals surface area (Å²) in [7, 11) is 0. The molecule has 5 nitrogen and oxygen atoms in total. The van der Waals surface area contributed by atoms with Crippen LogP contribution in [-0.2, 0) is 0 Å². The zero-order valence-corrected chi connectivity index (χ0v) is 9.72. The van der Waals surface area contributed by atoms with Gasteiger partial charge in [0, 0.05) is 11.9 Å². The molecule has 6 heteroatoms. The minimum absolute atomic E-state index is 0.0504. The topological polar surface area (TPSA) is 91.8 Å². The maximum Gasteiger partial charge on any atom is 0.274 e. The van der Waals surface area contributed by atoms with Crippen molar-refractivity contribution in [3.63, 3.8) is 0 Å². The summed E-state index contributed by atoms with van der Waals surface area (Å²) in [5.74, 6) is -1.01. The van der Waals surface area contributed by atoms with Gasteiger partial charge in [-0.2, -0.15) is 5.26 Å². The molecular weight excluding hydrogens is 247 g/mol. The summed E-state index contributed by atoms with van der Waals surface area (Å²) in [6, 6.07) is 8.70. The summed E-state index contributed by atoms with van der Waals surface area (Å²) in [5.41, 5.74) is 6.23. The molecule has 0 bridgehead atoms. The molecule has 0 aliphatic rings. The first-order valence-corrected chi connectivity index (χ1v) is 5.32. The molecule has 0 unspecified atom stereocenters. The number of amides is 1. The highest BCUT2D eigenvalue weighted by atomic mass is 19.1. The Balaban J connectivity index is 2.16. The Kier molecular flexibility index (Phi) is 3.39. The highest BCUT2D eigenvalue weighted by Crippen LogP contribution is 2.16. The van der Waals surface area contributed by atoms with Gasteiger partial charge in [-0.05, 0) is 30.3 Å². The van der Waals surface area contributed by atoms with Crippen molar-refractivity contribution >= 4 is 17.3 Å². The summed E-state index contributed by atoms with van der Waals surface area (Å²) in [6.45, 7) is 0. The fourth-order valence-electron chi connectivity index (χ4n) is 1.41. The van der Waals surface area contributed by atoms with Crippen LogP contribution in [0.3, 0.4) is 0 Å². The molecule has 3 N–H and O–H groups in total. The molecule has 0 saturated heterocycles. The molecule has 19 heavy (non-hydrogen) atoms. The van der Waals surface area contributed by atoms with Crippen molar-refractivity contribution < 1.29 is 9.18 Å². The number of aromatic nitrogens is 1. The van der Waals surface area contributed by atoms with E-state index in [9.17, 15) is 9.18 Å². The Hall–Kier alpha value is -2.94. The molecular formula is C13H9FN4O. The number of nitrogens with two attached hydrogens (primary N) is 1. The summed E-state index contributed by atoms with van der Waals surface area (Å²) >= 11 is 0. The van der Waals surface area contributed by atoms with E-state index in [1.165, 1.54) is 30.5 Å². The fraction of sp³-hybridized carbons (Fsp3) is 0. The maximum atomic E-state index is 13.0. The molecule has 0 atom stereocenters. The molecule has 1 aromatic heterocycles. The second-order valence-electron chi connectivity index (χ2n) is 3.73. The van der Waals surface area contributed by atoms with E-state index in [4.69, 9.17) is 11.0 Å². The SMILES string of the molecule is N#Cc1ccc(C(=O)Nc2ccc(F)c(N)c2)nc1. The number of nitrogens with one attached hydrogen (secondary N) is 1. The van der Waals surface area contributed by atoms with Crippen LogP contribution in [0.15, 0.2) is 36.5 Å². The minimum Gasteiger partial charge on any atom is -0.396 e. The van der Waals surface area contributed by atoms with Gasteiger partial charge in [-0.15, -0.1) is 0 Å². The predicted molar refractivity (Wildman–Crippen MR) is 67.7 cm³/mol. The van der Waals surface area contributed by atoms with E-state index in [0.717, 1.165) is 6.07 Å². The number of hydrogen-bond donors (Lipinski definition) is 2. The van der Waals surface area contributed by atoms with Crippen molar-refractivity contribution in [2.75, 3.05) is 11.1 Å². The Bertz CT molecular complexity index is 661. The zero-order valence-electron chi connectivity index (χ0n) is 9.72. The number of nitrogens with zero attached hydrogens (tertiary/aromatic N) is 2. The van der Waals surface area contributed by atoms with Crippen molar-refractivity contribution in [3.05, 3.63) is 53.6 Å². The van der Waals surface area contributed by atoms with Crippen LogP contribution in [0.5, 0.6) is 0 Å². The van der Waals surface area contributed by atoms with Crippen LogP contribution >= 0.6 is 0 Å². The number of nitrogen functional groups attached to an aromatic ring is 1. The number of hydrogen-bond acceptors (Lipinski definition) is 4. The molecule has 0 fully saturated rings. The number of rotatable bonds is 2. The molecule has 2 aromatic rings. The molecule has 1 amide bonds. The van der Waals surface area contributed by atoms with Gasteiger partial charge in [0.15, 0.2) is 0 Å². The average molecular weight is 256 g/mol. The van der Waals surface area contributed by atoms with Gasteiger partial charge < -0.3 is 11.1 Å². The van der Waals surface area contributed by atoms with E-state index >= 15 is 0 Å². The van der Waals surface area contributed by atoms with Gasteiger partial charge in [0.25, 0.3) is 5.91 Å². The number of pyridine rings is 1. The third-order valence-corrected chi connectivity index (χ3v) is 2.38. The molecule has 0 spiro atoms. The number of halogens is 1. The Morgan fingerprint density at radius 2 is 2.16 bits per heavy atom. The number of benzene rings is 1. The first-order valence-electron chi connectivity index (χ1n) is 5.32. The molecule has 0 aliphatic carbocycles. The lowest BCUT2D eigenvalue weighted by Gasteiger charge is -2.05. The van der Waals surface area contributed by atoms with Crippen LogP contribution in [0, 0.1) is 17.1 Å². The lowest BCUT2D eigenvalue weighted by molar-refractivity contribution is 0.102. The molecule has 1 heterocycles. The zero-order chi connectivity index (χ0) is 13.8. The second-order valence-corrected chi connectivity index (χ2v) is 3.73. The lowest BCUT2D eigenvalue weighted by atomic mass is 10.2. The number of nitriles is 1. The Morgan fingerprint density at radius 1 is 1.37 bits per heavy atom. The van der Waals surface area contributed by atoms with Crippen molar-refractivity contribution in [3.8, 4) is 6.07 Å². The molecule has 0 aliphatic heterocycles. The number of carbonyl (C=O) groups excluding carboxylic acids is 1. The van der Waals surface area contributed by atoms with E-state index in [2.05, 4.69) is 10.3 Å². The monoisotopic (exact) mass is 256 g/mol. The first kappa shape index (κ1) is 12.5. The van der Waals surface area contributed by atoms with E-state index in [0.29, 0.717) is 11.3 Å².